The van der Waals surface area contributed by atoms with Gasteiger partial charge in [-0.1, -0.05) is 26.0 Å². The molecule has 3 aromatic rings. The highest BCUT2D eigenvalue weighted by Crippen LogP contribution is 2.30. The van der Waals surface area contributed by atoms with Crippen LogP contribution in [0.3, 0.4) is 0 Å². The van der Waals surface area contributed by atoms with Crippen molar-refractivity contribution in [1.82, 2.24) is 15.0 Å². The van der Waals surface area contributed by atoms with Crippen LogP contribution >= 0.6 is 11.3 Å². The Hall–Kier alpha value is -3.07. The van der Waals surface area contributed by atoms with Crippen LogP contribution < -0.4 is 10.9 Å². The van der Waals surface area contributed by atoms with E-state index < -0.39 is 5.97 Å². The Kier molecular flexibility index (Phi) is 5.84. The van der Waals surface area contributed by atoms with Crippen molar-refractivity contribution in [2.45, 2.75) is 32.6 Å². The number of nitrogens with one attached hydrogen (secondary N) is 2. The number of hydrogen-bond donors (Lipinski definition) is 2. The highest BCUT2D eigenvalue weighted by molar-refractivity contribution is 7.16. The predicted molar refractivity (Wildman–Crippen MR) is 107 cm³/mol. The van der Waals surface area contributed by atoms with Crippen molar-refractivity contribution in [2.24, 2.45) is 0 Å². The van der Waals surface area contributed by atoms with Gasteiger partial charge >= 0.3 is 5.97 Å². The summed E-state index contributed by atoms with van der Waals surface area (Å²) in [6, 6.07) is 7.03. The molecule has 0 spiro atoms. The van der Waals surface area contributed by atoms with Gasteiger partial charge < -0.3 is 15.0 Å². The Morgan fingerprint density at radius 3 is 2.71 bits per heavy atom. The number of benzene rings is 1. The second-order valence-electron chi connectivity index (χ2n) is 6.46. The number of hydrogen-bond acceptors (Lipinski definition) is 7. The highest BCUT2D eigenvalue weighted by Gasteiger charge is 2.21. The smallest absolute Gasteiger partial charge is 0.357 e. The largest absolute Gasteiger partial charge is 0.464 e. The zero-order chi connectivity index (χ0) is 20.3. The minimum absolute atomic E-state index is 0.0733. The molecule has 0 aliphatic rings. The Labute approximate surface area is 165 Å². The van der Waals surface area contributed by atoms with Gasteiger partial charge in [-0.2, -0.15) is 0 Å². The molecular weight excluding hydrogens is 380 g/mol. The fourth-order valence-corrected chi connectivity index (χ4v) is 3.66. The average Bonchev–Trinajstić information content (AvgIpc) is 3.10. The van der Waals surface area contributed by atoms with Gasteiger partial charge in [0.25, 0.3) is 5.56 Å². The van der Waals surface area contributed by atoms with Gasteiger partial charge in [-0.05, 0) is 18.1 Å². The maximum absolute atomic E-state index is 12.3. The van der Waals surface area contributed by atoms with Gasteiger partial charge in [0.2, 0.25) is 5.91 Å². The van der Waals surface area contributed by atoms with Gasteiger partial charge in [-0.3, -0.25) is 9.59 Å². The number of carbonyl (C=O) groups excluding carboxylic acids is 2. The van der Waals surface area contributed by atoms with Gasteiger partial charge in [-0.25, -0.2) is 14.8 Å². The van der Waals surface area contributed by atoms with E-state index in [0.29, 0.717) is 21.9 Å². The molecule has 3 rings (SSSR count). The summed E-state index contributed by atoms with van der Waals surface area (Å²) in [5.74, 6) is -0.296. The number of nitrogens with zero attached hydrogens (tertiary/aromatic N) is 2. The lowest BCUT2D eigenvalue weighted by Crippen LogP contribution is -2.16. The molecule has 0 aliphatic carbocycles. The van der Waals surface area contributed by atoms with Crippen LogP contribution in [0.25, 0.3) is 10.9 Å². The molecule has 0 saturated carbocycles. The van der Waals surface area contributed by atoms with Crippen LogP contribution in [0.1, 0.15) is 47.4 Å². The number of thiazole rings is 1. The molecule has 1 aromatic carbocycles. The Balaban J connectivity index is 1.69. The number of aromatic amines is 1. The third-order valence-corrected chi connectivity index (χ3v) is 5.32. The van der Waals surface area contributed by atoms with Crippen molar-refractivity contribution >= 4 is 39.2 Å². The van der Waals surface area contributed by atoms with E-state index in [0.717, 1.165) is 4.88 Å². The van der Waals surface area contributed by atoms with Crippen molar-refractivity contribution in [3.8, 4) is 0 Å². The summed E-state index contributed by atoms with van der Waals surface area (Å²) in [6.45, 7) is 3.88. The number of amides is 1. The highest BCUT2D eigenvalue weighted by atomic mass is 32.1. The quantitative estimate of drug-likeness (QED) is 0.615. The molecule has 0 atom stereocenters. The minimum Gasteiger partial charge on any atom is -0.464 e. The summed E-state index contributed by atoms with van der Waals surface area (Å²) in [6.07, 6.45) is 0.392. The Morgan fingerprint density at radius 1 is 1.25 bits per heavy atom. The first-order valence-electron chi connectivity index (χ1n) is 8.76. The fourth-order valence-electron chi connectivity index (χ4n) is 2.69. The van der Waals surface area contributed by atoms with Crippen molar-refractivity contribution in [2.75, 3.05) is 12.4 Å². The van der Waals surface area contributed by atoms with Gasteiger partial charge in [-0.15, -0.1) is 11.3 Å². The lowest BCUT2D eigenvalue weighted by Gasteiger charge is -2.03. The van der Waals surface area contributed by atoms with E-state index in [4.69, 9.17) is 4.74 Å². The Morgan fingerprint density at radius 2 is 2.00 bits per heavy atom. The number of esters is 1. The molecule has 2 N–H and O–H groups in total. The minimum atomic E-state index is -0.529. The van der Waals surface area contributed by atoms with E-state index in [1.54, 1.807) is 24.3 Å². The number of aryl methyl sites for hydroxylation is 1. The molecule has 9 heteroatoms. The van der Waals surface area contributed by atoms with Crippen LogP contribution in [0.15, 0.2) is 29.1 Å². The molecule has 0 unspecified atom stereocenters. The van der Waals surface area contributed by atoms with Crippen molar-refractivity contribution in [3.05, 3.63) is 51.0 Å². The molecule has 0 fully saturated rings. The number of para-hydroxylation sites is 1. The summed E-state index contributed by atoms with van der Waals surface area (Å²) < 4.78 is 4.75. The molecule has 0 bridgehead atoms. The van der Waals surface area contributed by atoms with Crippen LogP contribution in [0.2, 0.25) is 0 Å². The molecule has 2 aromatic heterocycles. The second-order valence-corrected chi connectivity index (χ2v) is 7.49. The van der Waals surface area contributed by atoms with Crippen molar-refractivity contribution in [1.29, 1.82) is 0 Å². The lowest BCUT2D eigenvalue weighted by atomic mass is 10.1. The van der Waals surface area contributed by atoms with Crippen LogP contribution in [0, 0.1) is 0 Å². The molecule has 0 radical (unpaired) electrons. The summed E-state index contributed by atoms with van der Waals surface area (Å²) in [5.41, 5.74) is 0.578. The maximum Gasteiger partial charge on any atom is 0.357 e. The van der Waals surface area contributed by atoms with Crippen molar-refractivity contribution < 1.29 is 14.3 Å². The number of methoxy groups -OCH3 is 1. The van der Waals surface area contributed by atoms with E-state index >= 15 is 0 Å². The Bertz CT molecular complexity index is 1090. The maximum atomic E-state index is 12.3. The monoisotopic (exact) mass is 400 g/mol. The number of fused-ring (bicyclic) bond motifs is 1. The zero-order valence-electron chi connectivity index (χ0n) is 15.7. The molecular formula is C19H20N4O4S. The molecule has 146 valence electrons. The number of rotatable bonds is 6. The standard InChI is InChI=1S/C19H20N4O4S/c1-10(2)16-15(18(26)27-3)23-19(28-16)22-14(24)9-8-13-20-12-7-5-4-6-11(12)17(25)21-13/h4-7,10H,8-9H2,1-3H3,(H,20,21,25)(H,22,23,24). The predicted octanol–water partition coefficient (Wildman–Crippen LogP) is 2.86. The van der Waals surface area contributed by atoms with Crippen LogP contribution in [-0.2, 0) is 16.0 Å². The van der Waals surface area contributed by atoms with E-state index in [1.807, 2.05) is 13.8 Å². The number of H-pyrrole nitrogens is 1. The van der Waals surface area contributed by atoms with Gasteiger partial charge in [0, 0.05) is 17.7 Å². The van der Waals surface area contributed by atoms with E-state index in [2.05, 4.69) is 20.3 Å². The lowest BCUT2D eigenvalue weighted by molar-refractivity contribution is -0.116. The van der Waals surface area contributed by atoms with Crippen LogP contribution in [0.5, 0.6) is 0 Å². The number of anilines is 1. The fraction of sp³-hybridized carbons (Fsp3) is 0.316. The first-order chi connectivity index (χ1) is 13.4. The summed E-state index contributed by atoms with van der Waals surface area (Å²) in [4.78, 5) is 48.2. The van der Waals surface area contributed by atoms with Crippen molar-refractivity contribution in [3.63, 3.8) is 0 Å². The first kappa shape index (κ1) is 19.7. The normalized spacial score (nSPS) is 11.0. The van der Waals surface area contributed by atoms with E-state index in [1.165, 1.54) is 18.4 Å². The molecule has 8 nitrogen and oxygen atoms in total. The van der Waals surface area contributed by atoms with Gasteiger partial charge in [0.1, 0.15) is 5.82 Å². The molecule has 0 saturated heterocycles. The number of carbonyl (C=O) groups is 2. The van der Waals surface area contributed by atoms with Gasteiger partial charge in [0.15, 0.2) is 10.8 Å². The van der Waals surface area contributed by atoms with Gasteiger partial charge in [0.05, 0.1) is 18.0 Å². The average molecular weight is 400 g/mol. The topological polar surface area (TPSA) is 114 Å². The second kappa shape index (κ2) is 8.30. The SMILES string of the molecule is COC(=O)c1nc(NC(=O)CCc2nc3ccccc3c(=O)[nH]2)sc1C(C)C. The first-order valence-corrected chi connectivity index (χ1v) is 9.57. The molecule has 28 heavy (non-hydrogen) atoms. The number of aromatic nitrogens is 3. The van der Waals surface area contributed by atoms with E-state index in [9.17, 15) is 14.4 Å². The van der Waals surface area contributed by atoms with Crippen LogP contribution in [-0.4, -0.2) is 33.9 Å². The summed E-state index contributed by atoms with van der Waals surface area (Å²) >= 11 is 1.25. The third-order valence-electron chi connectivity index (χ3n) is 4.05. The summed E-state index contributed by atoms with van der Waals surface area (Å²) in [5, 5.41) is 3.55. The molecule has 1 amide bonds. The molecule has 2 heterocycles. The molecule has 0 aliphatic heterocycles. The zero-order valence-corrected chi connectivity index (χ0v) is 16.6. The number of ether oxygens (including phenoxy) is 1. The van der Waals surface area contributed by atoms with E-state index in [-0.39, 0.29) is 35.9 Å². The third kappa shape index (κ3) is 4.25. The van der Waals surface area contributed by atoms with Crippen LogP contribution in [0.4, 0.5) is 5.13 Å². The summed E-state index contributed by atoms with van der Waals surface area (Å²) in [7, 11) is 1.29.